The minimum absolute atomic E-state index is 0.113. The van der Waals surface area contributed by atoms with Crippen LogP contribution in [0.1, 0.15) is 67.0 Å². The fourth-order valence-electron chi connectivity index (χ4n) is 9.22. The van der Waals surface area contributed by atoms with Crippen LogP contribution in [0.25, 0.3) is 32.6 Å². The van der Waals surface area contributed by atoms with Gasteiger partial charge >= 0.3 is 5.97 Å². The van der Waals surface area contributed by atoms with E-state index in [4.69, 9.17) is 40.2 Å². The normalized spacial score (nSPS) is 20.2. The number of piperazine rings is 1. The molecule has 3 atom stereocenters. The van der Waals surface area contributed by atoms with Gasteiger partial charge in [0.1, 0.15) is 12.4 Å². The predicted molar refractivity (Wildman–Crippen MR) is 256 cm³/mol. The number of hydrogen-bond acceptors (Lipinski definition) is 13. The zero-order valence-electron chi connectivity index (χ0n) is 37.6. The Bertz CT molecular complexity index is 2750. The van der Waals surface area contributed by atoms with Crippen molar-refractivity contribution >= 4 is 49.2 Å². The molecule has 2 aliphatic heterocycles. The maximum atomic E-state index is 13.3. The molecule has 66 heavy (non-hydrogen) atoms. The largest absolute Gasteiger partial charge is 0.491 e. The van der Waals surface area contributed by atoms with Gasteiger partial charge < -0.3 is 24.2 Å². The highest BCUT2D eigenvalue weighted by molar-refractivity contribution is 7.89. The fraction of sp³-hybridized carbons (Fsp3) is 0.449. The van der Waals surface area contributed by atoms with Crippen molar-refractivity contribution in [1.82, 2.24) is 33.4 Å². The maximum Gasteiger partial charge on any atom is 0.344 e. The Morgan fingerprint density at radius 3 is 2.52 bits per heavy atom. The summed E-state index contributed by atoms with van der Waals surface area (Å²) in [6.45, 7) is 10.4. The number of sulfonamides is 1. The van der Waals surface area contributed by atoms with Gasteiger partial charge in [-0.25, -0.2) is 23.2 Å². The van der Waals surface area contributed by atoms with E-state index < -0.39 is 28.2 Å². The first-order valence-electron chi connectivity index (χ1n) is 22.8. The van der Waals surface area contributed by atoms with E-state index >= 15 is 0 Å². The fourth-order valence-corrected chi connectivity index (χ4v) is 11.9. The predicted octanol–water partition coefficient (Wildman–Crippen LogP) is 8.31. The summed E-state index contributed by atoms with van der Waals surface area (Å²) >= 11 is 8.32. The molecule has 1 N–H and O–H groups in total. The van der Waals surface area contributed by atoms with Crippen LogP contribution in [0.15, 0.2) is 78.0 Å². The Hall–Kier alpha value is -4.81. The number of likely N-dealkylation sites (N-methyl/N-ethyl adjacent to an activating group) is 1. The van der Waals surface area contributed by atoms with Crippen LogP contribution in [0, 0.1) is 19.8 Å². The monoisotopic (exact) mass is 953 g/mol. The molecule has 1 saturated carbocycles. The zero-order valence-corrected chi connectivity index (χ0v) is 40.0. The second-order valence-corrected chi connectivity index (χ2v) is 20.9. The van der Waals surface area contributed by atoms with Gasteiger partial charge in [-0.15, -0.1) is 0 Å². The summed E-state index contributed by atoms with van der Waals surface area (Å²) in [5.41, 5.74) is 5.50. The van der Waals surface area contributed by atoms with Gasteiger partial charge in [0.15, 0.2) is 11.9 Å². The number of carbonyl (C=O) groups is 1. The van der Waals surface area contributed by atoms with Crippen molar-refractivity contribution in [3.05, 3.63) is 101 Å². The number of aromatic nitrogens is 4. The topological polar surface area (TPSA) is 160 Å². The van der Waals surface area contributed by atoms with Gasteiger partial charge in [-0.05, 0) is 105 Å². The Morgan fingerprint density at radius 1 is 0.985 bits per heavy atom. The third-order valence-electron chi connectivity index (χ3n) is 13.3. The van der Waals surface area contributed by atoms with E-state index in [0.717, 1.165) is 97.3 Å². The maximum absolute atomic E-state index is 13.3. The molecule has 348 valence electrons. The van der Waals surface area contributed by atoms with Crippen LogP contribution in [0.2, 0.25) is 5.02 Å². The number of hydrogen-bond donors (Lipinski definition) is 1. The van der Waals surface area contributed by atoms with Crippen molar-refractivity contribution in [2.24, 2.45) is 5.92 Å². The molecular weight excluding hydrogens is 898 g/mol. The molecule has 2 aromatic carbocycles. The molecule has 2 aliphatic carbocycles. The van der Waals surface area contributed by atoms with Gasteiger partial charge in [-0.3, -0.25) is 9.88 Å². The van der Waals surface area contributed by atoms with Gasteiger partial charge in [0.25, 0.3) is 0 Å². The molecule has 5 aromatic rings. The molecule has 4 aliphatic rings. The van der Waals surface area contributed by atoms with Crippen LogP contribution in [0.3, 0.4) is 0 Å². The Kier molecular flexibility index (Phi) is 14.2. The van der Waals surface area contributed by atoms with Gasteiger partial charge in [-0.2, -0.15) is 8.68 Å². The molecule has 17 heteroatoms. The number of aliphatic carboxylic acids is 1. The van der Waals surface area contributed by atoms with Crippen LogP contribution in [0.5, 0.6) is 11.6 Å². The number of pyridine rings is 1. The highest BCUT2D eigenvalue weighted by Gasteiger charge is 2.34. The summed E-state index contributed by atoms with van der Waals surface area (Å²) in [6.07, 6.45) is 14.4. The van der Waals surface area contributed by atoms with Crippen LogP contribution < -0.4 is 9.47 Å². The third kappa shape index (κ3) is 9.91. The Morgan fingerprint density at radius 2 is 1.77 bits per heavy atom. The summed E-state index contributed by atoms with van der Waals surface area (Å²) in [5, 5.41) is 11.9. The minimum atomic E-state index is -3.57. The van der Waals surface area contributed by atoms with E-state index in [9.17, 15) is 18.3 Å². The molecule has 0 amide bonds. The number of halogens is 1. The lowest BCUT2D eigenvalue weighted by atomic mass is 9.79. The second kappa shape index (κ2) is 20.2. The summed E-state index contributed by atoms with van der Waals surface area (Å²) in [6, 6.07) is 10.9. The Labute approximate surface area is 395 Å². The standard InChI is InChI=1S/C49H56ClN7O7S2/c1-31-27-35(13-16-42(31)66(60,61)57-19-6-7-20-57)47-51-18-17-36(53-47)30-63-38-12-5-4-9-34(38)28-40(49(58)59)64-48-44-41(65-54-48)29-52-46(33-10-8-11-33)43(44)37-14-15-39(45(50)32(37)2)62-26-25-56-23-21-55(3)22-24-56/h4-5,9,12-18,27,29,33-34,38,40H,6-8,10-11,19-26,28,30H2,1-3H3,(H,58,59). The molecule has 0 radical (unpaired) electrons. The third-order valence-corrected chi connectivity index (χ3v) is 16.6. The van der Waals surface area contributed by atoms with Crippen molar-refractivity contribution in [2.75, 3.05) is 59.5 Å². The zero-order chi connectivity index (χ0) is 46.0. The molecule has 3 aromatic heterocycles. The van der Waals surface area contributed by atoms with Crippen LogP contribution in [0.4, 0.5) is 0 Å². The average molecular weight is 955 g/mol. The number of benzene rings is 2. The number of allylic oxidation sites excluding steroid dienone is 2. The van der Waals surface area contributed by atoms with Crippen LogP contribution >= 0.6 is 23.1 Å². The smallest absolute Gasteiger partial charge is 0.344 e. The van der Waals surface area contributed by atoms with Crippen molar-refractivity contribution < 1.29 is 32.5 Å². The van der Waals surface area contributed by atoms with Gasteiger partial charge in [-0.1, -0.05) is 48.4 Å². The van der Waals surface area contributed by atoms with Crippen molar-refractivity contribution in [3.63, 3.8) is 0 Å². The SMILES string of the molecule is Cc1cc(-c2nccc(COC3C=CC=CC3CC(Oc3nsc4cnc(C5CCC5)c(-c5ccc(OCCN6CCN(C)CC6)c(Cl)c5C)c34)C(=O)O)n2)ccc1S(=O)(=O)N1CCCC1. The lowest BCUT2D eigenvalue weighted by Gasteiger charge is -2.32. The highest BCUT2D eigenvalue weighted by atomic mass is 35.5. The van der Waals surface area contributed by atoms with Gasteiger partial charge in [0, 0.05) is 87.6 Å². The second-order valence-electron chi connectivity index (χ2n) is 17.8. The van der Waals surface area contributed by atoms with E-state index in [2.05, 4.69) is 21.8 Å². The Balaban J connectivity index is 0.912. The molecule has 2 saturated heterocycles. The highest BCUT2D eigenvalue weighted by Crippen LogP contribution is 2.48. The molecule has 5 heterocycles. The number of carboxylic acid groups (broad SMARTS) is 1. The summed E-state index contributed by atoms with van der Waals surface area (Å²) in [4.78, 5) is 32.3. The lowest BCUT2D eigenvalue weighted by Crippen LogP contribution is -2.45. The molecule has 3 fully saturated rings. The quantitative estimate of drug-likeness (QED) is 0.0949. The van der Waals surface area contributed by atoms with Crippen molar-refractivity contribution in [2.45, 2.75) is 82.0 Å². The molecule has 0 bridgehead atoms. The summed E-state index contributed by atoms with van der Waals surface area (Å²) in [5.74, 6) is 0.125. The van der Waals surface area contributed by atoms with E-state index in [0.29, 0.717) is 58.0 Å². The van der Waals surface area contributed by atoms with Crippen LogP contribution in [-0.4, -0.2) is 125 Å². The summed E-state index contributed by atoms with van der Waals surface area (Å²) in [7, 11) is -1.42. The number of fused-ring (bicyclic) bond motifs is 1. The van der Waals surface area contributed by atoms with Crippen molar-refractivity contribution in [1.29, 1.82) is 0 Å². The van der Waals surface area contributed by atoms with E-state index in [-0.39, 0.29) is 30.7 Å². The minimum Gasteiger partial charge on any atom is -0.491 e. The first-order chi connectivity index (χ1) is 31.9. The average Bonchev–Trinajstić information content (AvgIpc) is 4.00. The van der Waals surface area contributed by atoms with Gasteiger partial charge in [0.05, 0.1) is 44.1 Å². The van der Waals surface area contributed by atoms with E-state index in [1.807, 2.05) is 49.6 Å². The molecule has 9 rings (SSSR count). The van der Waals surface area contributed by atoms with E-state index in [1.165, 1.54) is 11.5 Å². The first kappa shape index (κ1) is 46.3. The van der Waals surface area contributed by atoms with E-state index in [1.54, 1.807) is 41.7 Å². The van der Waals surface area contributed by atoms with Crippen molar-refractivity contribution in [3.8, 4) is 34.1 Å². The van der Waals surface area contributed by atoms with Crippen LogP contribution in [-0.2, 0) is 26.2 Å². The lowest BCUT2D eigenvalue weighted by molar-refractivity contribution is -0.146. The molecule has 3 unspecified atom stereocenters. The number of nitrogens with zero attached hydrogens (tertiary/aromatic N) is 7. The first-order valence-corrected chi connectivity index (χ1v) is 25.4. The number of ether oxygens (including phenoxy) is 3. The molecule has 0 spiro atoms. The number of aryl methyl sites for hydroxylation is 1. The number of rotatable bonds is 17. The summed E-state index contributed by atoms with van der Waals surface area (Å²) < 4.78 is 52.7. The van der Waals surface area contributed by atoms with Gasteiger partial charge in [0.2, 0.25) is 15.9 Å². The molecular formula is C49H56ClN7O7S2. The molecule has 14 nitrogen and oxygen atoms in total. The number of carboxylic acids is 1.